The Bertz CT molecular complexity index is 510. The van der Waals surface area contributed by atoms with E-state index >= 15 is 0 Å². The van der Waals surface area contributed by atoms with Crippen molar-refractivity contribution in [2.45, 2.75) is 32.6 Å². The fourth-order valence-corrected chi connectivity index (χ4v) is 2.61. The molecular weight excluding hydrogens is 240 g/mol. The SMILES string of the molecule is C=C(CC(C)CCCc1ccccc1)c1ccccc1. The quantitative estimate of drug-likeness (QED) is 0.597. The van der Waals surface area contributed by atoms with Gasteiger partial charge in [-0.2, -0.15) is 0 Å². The predicted molar refractivity (Wildman–Crippen MR) is 88.6 cm³/mol. The van der Waals surface area contributed by atoms with Crippen LogP contribution in [0.2, 0.25) is 0 Å². The Morgan fingerprint density at radius 1 is 0.950 bits per heavy atom. The van der Waals surface area contributed by atoms with E-state index in [4.69, 9.17) is 0 Å². The number of benzene rings is 2. The Labute approximate surface area is 123 Å². The van der Waals surface area contributed by atoms with Crippen molar-refractivity contribution in [3.8, 4) is 0 Å². The van der Waals surface area contributed by atoms with Gasteiger partial charge in [0.2, 0.25) is 0 Å². The molecule has 1 atom stereocenters. The van der Waals surface area contributed by atoms with E-state index in [0.717, 1.165) is 6.42 Å². The lowest BCUT2D eigenvalue weighted by atomic mass is 9.92. The van der Waals surface area contributed by atoms with Crippen LogP contribution in [0.1, 0.15) is 37.3 Å². The van der Waals surface area contributed by atoms with Gasteiger partial charge in [-0.15, -0.1) is 0 Å². The minimum atomic E-state index is 0.700. The van der Waals surface area contributed by atoms with E-state index in [1.54, 1.807) is 0 Å². The van der Waals surface area contributed by atoms with Crippen molar-refractivity contribution in [1.29, 1.82) is 0 Å². The number of aryl methyl sites for hydroxylation is 1. The molecule has 0 nitrogen and oxygen atoms in total. The molecule has 0 bridgehead atoms. The van der Waals surface area contributed by atoms with Gasteiger partial charge in [0.15, 0.2) is 0 Å². The molecule has 1 unspecified atom stereocenters. The molecule has 2 aromatic carbocycles. The molecule has 0 aliphatic heterocycles. The highest BCUT2D eigenvalue weighted by atomic mass is 14.1. The van der Waals surface area contributed by atoms with Gasteiger partial charge in [-0.1, -0.05) is 80.6 Å². The first-order valence-corrected chi connectivity index (χ1v) is 7.53. The summed E-state index contributed by atoms with van der Waals surface area (Å²) in [5.41, 5.74) is 3.99. The Morgan fingerprint density at radius 3 is 2.20 bits per heavy atom. The third-order valence-corrected chi connectivity index (χ3v) is 3.78. The summed E-state index contributed by atoms with van der Waals surface area (Å²) in [7, 11) is 0. The van der Waals surface area contributed by atoms with Crippen LogP contribution in [0.5, 0.6) is 0 Å². The van der Waals surface area contributed by atoms with Gasteiger partial charge in [-0.25, -0.2) is 0 Å². The van der Waals surface area contributed by atoms with Crippen LogP contribution in [-0.4, -0.2) is 0 Å². The molecule has 0 amide bonds. The van der Waals surface area contributed by atoms with Crippen molar-refractivity contribution in [1.82, 2.24) is 0 Å². The molecule has 0 saturated heterocycles. The van der Waals surface area contributed by atoms with Crippen molar-refractivity contribution in [2.75, 3.05) is 0 Å². The normalized spacial score (nSPS) is 12.1. The summed E-state index contributed by atoms with van der Waals surface area (Å²) in [5.74, 6) is 0.700. The van der Waals surface area contributed by atoms with E-state index in [9.17, 15) is 0 Å². The average molecular weight is 264 g/mol. The zero-order chi connectivity index (χ0) is 14.2. The largest absolute Gasteiger partial charge is 0.0952 e. The van der Waals surface area contributed by atoms with Crippen molar-refractivity contribution in [2.24, 2.45) is 5.92 Å². The van der Waals surface area contributed by atoms with Gasteiger partial charge < -0.3 is 0 Å². The summed E-state index contributed by atoms with van der Waals surface area (Å²) in [4.78, 5) is 0. The summed E-state index contributed by atoms with van der Waals surface area (Å²) in [6.07, 6.45) is 4.80. The summed E-state index contributed by atoms with van der Waals surface area (Å²) < 4.78 is 0. The molecule has 0 aliphatic carbocycles. The monoisotopic (exact) mass is 264 g/mol. The molecule has 20 heavy (non-hydrogen) atoms. The van der Waals surface area contributed by atoms with Crippen LogP contribution < -0.4 is 0 Å². The molecule has 0 N–H and O–H groups in total. The average Bonchev–Trinajstić information content (AvgIpc) is 2.49. The standard InChI is InChI=1S/C20H24/c1-17(10-9-13-19-11-5-3-6-12-19)16-18(2)20-14-7-4-8-15-20/h3-8,11-12,14-15,17H,2,9-10,13,16H2,1H3. The highest BCUT2D eigenvalue weighted by Gasteiger charge is 2.06. The maximum Gasteiger partial charge on any atom is -0.0230 e. The molecule has 0 radical (unpaired) electrons. The molecule has 0 spiro atoms. The summed E-state index contributed by atoms with van der Waals surface area (Å²) in [6.45, 7) is 6.56. The van der Waals surface area contributed by atoms with Crippen LogP contribution in [0.3, 0.4) is 0 Å². The Hall–Kier alpha value is -1.82. The summed E-state index contributed by atoms with van der Waals surface area (Å²) >= 11 is 0. The number of hydrogen-bond acceptors (Lipinski definition) is 0. The van der Waals surface area contributed by atoms with Gasteiger partial charge in [0, 0.05) is 0 Å². The van der Waals surface area contributed by atoms with Crippen LogP contribution in [-0.2, 0) is 6.42 Å². The highest BCUT2D eigenvalue weighted by molar-refractivity contribution is 5.63. The molecule has 0 aliphatic rings. The van der Waals surface area contributed by atoms with Gasteiger partial charge in [0.25, 0.3) is 0 Å². The summed E-state index contributed by atoms with van der Waals surface area (Å²) in [6, 6.07) is 21.3. The minimum Gasteiger partial charge on any atom is -0.0952 e. The molecule has 0 heterocycles. The first-order valence-electron chi connectivity index (χ1n) is 7.53. The van der Waals surface area contributed by atoms with E-state index in [1.807, 2.05) is 0 Å². The third kappa shape index (κ3) is 4.70. The fourth-order valence-electron chi connectivity index (χ4n) is 2.61. The molecule has 2 rings (SSSR count). The van der Waals surface area contributed by atoms with Crippen LogP contribution in [0.25, 0.3) is 5.57 Å². The second kappa shape index (κ2) is 7.69. The second-order valence-corrected chi connectivity index (χ2v) is 5.66. The van der Waals surface area contributed by atoms with Gasteiger partial charge in [-0.3, -0.25) is 0 Å². The van der Waals surface area contributed by atoms with Gasteiger partial charge in [-0.05, 0) is 41.9 Å². The smallest absolute Gasteiger partial charge is 0.0230 e. The first kappa shape index (κ1) is 14.6. The molecule has 2 aromatic rings. The Kier molecular flexibility index (Phi) is 5.61. The van der Waals surface area contributed by atoms with Crippen LogP contribution in [0.15, 0.2) is 67.2 Å². The van der Waals surface area contributed by atoms with E-state index in [0.29, 0.717) is 5.92 Å². The van der Waals surface area contributed by atoms with Gasteiger partial charge in [0.1, 0.15) is 0 Å². The Morgan fingerprint density at radius 2 is 1.55 bits per heavy atom. The van der Waals surface area contributed by atoms with Gasteiger partial charge >= 0.3 is 0 Å². The lowest BCUT2D eigenvalue weighted by Crippen LogP contribution is -1.98. The highest BCUT2D eigenvalue weighted by Crippen LogP contribution is 2.23. The van der Waals surface area contributed by atoms with Crippen molar-refractivity contribution >= 4 is 5.57 Å². The van der Waals surface area contributed by atoms with Crippen molar-refractivity contribution in [3.63, 3.8) is 0 Å². The third-order valence-electron chi connectivity index (χ3n) is 3.78. The molecule has 104 valence electrons. The van der Waals surface area contributed by atoms with Crippen LogP contribution >= 0.6 is 0 Å². The zero-order valence-electron chi connectivity index (χ0n) is 12.4. The van der Waals surface area contributed by atoms with Crippen LogP contribution in [0, 0.1) is 5.92 Å². The molecule has 0 saturated carbocycles. The maximum atomic E-state index is 4.23. The predicted octanol–water partition coefficient (Wildman–Crippen LogP) is 5.75. The molecule has 0 fully saturated rings. The van der Waals surface area contributed by atoms with Crippen molar-refractivity contribution < 1.29 is 0 Å². The van der Waals surface area contributed by atoms with E-state index < -0.39 is 0 Å². The zero-order valence-corrected chi connectivity index (χ0v) is 12.4. The molecular formula is C20H24. The second-order valence-electron chi connectivity index (χ2n) is 5.66. The summed E-state index contributed by atoms with van der Waals surface area (Å²) in [5, 5.41) is 0. The van der Waals surface area contributed by atoms with Gasteiger partial charge in [0.05, 0.1) is 0 Å². The molecule has 0 aromatic heterocycles. The van der Waals surface area contributed by atoms with E-state index in [-0.39, 0.29) is 0 Å². The topological polar surface area (TPSA) is 0 Å². The number of rotatable bonds is 7. The molecule has 0 heteroatoms. The number of hydrogen-bond donors (Lipinski definition) is 0. The van der Waals surface area contributed by atoms with Crippen LogP contribution in [0.4, 0.5) is 0 Å². The lowest BCUT2D eigenvalue weighted by Gasteiger charge is -2.13. The number of allylic oxidation sites excluding steroid dienone is 1. The van der Waals surface area contributed by atoms with E-state index in [2.05, 4.69) is 74.2 Å². The minimum absolute atomic E-state index is 0.700. The first-order chi connectivity index (χ1) is 9.75. The Balaban J connectivity index is 1.73. The maximum absolute atomic E-state index is 4.23. The lowest BCUT2D eigenvalue weighted by molar-refractivity contribution is 0.522. The van der Waals surface area contributed by atoms with E-state index in [1.165, 1.54) is 36.0 Å². The fraction of sp³-hybridized carbons (Fsp3) is 0.300. The van der Waals surface area contributed by atoms with Crippen molar-refractivity contribution in [3.05, 3.63) is 78.4 Å².